The number of sulfonamides is 1. The first-order chi connectivity index (χ1) is 8.97. The molecule has 0 aromatic heterocycles. The number of nitrogens with one attached hydrogen (secondary N) is 1. The van der Waals surface area contributed by atoms with E-state index in [2.05, 4.69) is 16.6 Å². The maximum atomic E-state index is 12.0. The minimum Gasteiger partial charge on any atom is -0.370 e. The Kier molecular flexibility index (Phi) is 5.51. The maximum absolute atomic E-state index is 12.0. The number of amides is 1. The fourth-order valence-corrected chi connectivity index (χ4v) is 2.53. The number of benzene rings is 1. The number of carbonyl (C=O) groups excluding carboxylic acids is 1. The second-order valence-electron chi connectivity index (χ2n) is 3.62. The van der Waals surface area contributed by atoms with Crippen LogP contribution in [0.5, 0.6) is 0 Å². The van der Waals surface area contributed by atoms with Gasteiger partial charge in [-0.1, -0.05) is 24.0 Å². The molecule has 102 valence electrons. The highest BCUT2D eigenvalue weighted by Crippen LogP contribution is 2.13. The van der Waals surface area contributed by atoms with Crippen molar-refractivity contribution in [3.8, 4) is 11.8 Å². The minimum absolute atomic E-state index is 0.0453. The molecule has 0 aliphatic rings. The normalized spacial score (nSPS) is 10.6. The Morgan fingerprint density at radius 3 is 2.63 bits per heavy atom. The van der Waals surface area contributed by atoms with E-state index in [0.717, 1.165) is 0 Å². The van der Waals surface area contributed by atoms with Crippen molar-refractivity contribution in [2.24, 2.45) is 11.5 Å². The van der Waals surface area contributed by atoms with Gasteiger partial charge in [0.2, 0.25) is 15.9 Å². The maximum Gasteiger partial charge on any atom is 0.241 e. The average Bonchev–Trinajstić information content (AvgIpc) is 2.36. The van der Waals surface area contributed by atoms with Gasteiger partial charge in [0.15, 0.2) is 0 Å². The molecule has 5 N–H and O–H groups in total. The minimum atomic E-state index is -3.72. The molecule has 0 bridgehead atoms. The van der Waals surface area contributed by atoms with E-state index in [1.165, 1.54) is 6.07 Å². The molecule has 6 nitrogen and oxygen atoms in total. The van der Waals surface area contributed by atoms with E-state index < -0.39 is 15.9 Å². The zero-order chi connectivity index (χ0) is 14.3. The van der Waals surface area contributed by atoms with E-state index in [1.54, 1.807) is 18.2 Å². The lowest BCUT2D eigenvalue weighted by Crippen LogP contribution is -2.28. The summed E-state index contributed by atoms with van der Waals surface area (Å²) in [4.78, 5) is 10.6. The monoisotopic (exact) mass is 281 g/mol. The van der Waals surface area contributed by atoms with Gasteiger partial charge in [0.05, 0.1) is 11.4 Å². The van der Waals surface area contributed by atoms with Crippen LogP contribution in [0.2, 0.25) is 0 Å². The lowest BCUT2D eigenvalue weighted by Gasteiger charge is -2.07. The van der Waals surface area contributed by atoms with Gasteiger partial charge in [0, 0.05) is 18.5 Å². The van der Waals surface area contributed by atoms with Crippen LogP contribution in [-0.4, -0.2) is 27.4 Å². The van der Waals surface area contributed by atoms with Crippen molar-refractivity contribution in [1.82, 2.24) is 4.72 Å². The van der Waals surface area contributed by atoms with E-state index in [9.17, 15) is 13.2 Å². The molecule has 1 aromatic carbocycles. The summed E-state index contributed by atoms with van der Waals surface area (Å²) in [6.45, 7) is 0.0970. The molecular formula is C12H15N3O3S. The van der Waals surface area contributed by atoms with Crippen molar-refractivity contribution < 1.29 is 13.2 Å². The van der Waals surface area contributed by atoms with Crippen LogP contribution >= 0.6 is 0 Å². The summed E-state index contributed by atoms with van der Waals surface area (Å²) >= 11 is 0. The summed E-state index contributed by atoms with van der Waals surface area (Å²) in [5.41, 5.74) is 10.6. The summed E-state index contributed by atoms with van der Waals surface area (Å²) in [6, 6.07) is 6.30. The molecule has 0 radical (unpaired) electrons. The molecule has 0 aliphatic carbocycles. The van der Waals surface area contributed by atoms with E-state index in [-0.39, 0.29) is 24.4 Å². The third-order valence-electron chi connectivity index (χ3n) is 2.17. The number of nitrogens with two attached hydrogens (primary N) is 2. The predicted molar refractivity (Wildman–Crippen MR) is 71.4 cm³/mol. The predicted octanol–water partition coefficient (Wildman–Crippen LogP) is -0.849. The molecule has 0 saturated heterocycles. The SMILES string of the molecule is NCC#Cc1ccccc1S(=O)(=O)NCCC(N)=O. The fourth-order valence-electron chi connectivity index (χ4n) is 1.34. The summed E-state index contributed by atoms with van der Waals surface area (Å²) in [5.74, 6) is 4.72. The van der Waals surface area contributed by atoms with Crippen molar-refractivity contribution in [3.63, 3.8) is 0 Å². The van der Waals surface area contributed by atoms with Gasteiger partial charge in [0.1, 0.15) is 0 Å². The van der Waals surface area contributed by atoms with Crippen LogP contribution in [0.15, 0.2) is 29.2 Å². The highest BCUT2D eigenvalue weighted by atomic mass is 32.2. The molecule has 0 heterocycles. The van der Waals surface area contributed by atoms with E-state index in [1.807, 2.05) is 0 Å². The first-order valence-corrected chi connectivity index (χ1v) is 7.01. The smallest absolute Gasteiger partial charge is 0.241 e. The molecule has 7 heteroatoms. The Bertz CT molecular complexity index is 615. The van der Waals surface area contributed by atoms with Gasteiger partial charge in [-0.05, 0) is 12.1 Å². The second-order valence-corrected chi connectivity index (χ2v) is 5.35. The van der Waals surface area contributed by atoms with Crippen molar-refractivity contribution in [3.05, 3.63) is 29.8 Å². The topological polar surface area (TPSA) is 115 Å². The molecule has 1 amide bonds. The molecule has 1 rings (SSSR count). The average molecular weight is 281 g/mol. The Labute approximate surface area is 112 Å². The van der Waals surface area contributed by atoms with Crippen LogP contribution in [0.3, 0.4) is 0 Å². The first kappa shape index (κ1) is 15.2. The summed E-state index contributed by atoms with van der Waals surface area (Å²) < 4.78 is 26.4. The number of rotatable bonds is 5. The number of primary amides is 1. The fraction of sp³-hybridized carbons (Fsp3) is 0.250. The van der Waals surface area contributed by atoms with Crippen LogP contribution in [-0.2, 0) is 14.8 Å². The standard InChI is InChI=1S/C12H15N3O3S/c13-8-3-5-10-4-1-2-6-11(10)19(17,18)15-9-7-12(14)16/h1-2,4,6,15H,7-9,13H2,(H2,14,16). The Balaban J connectivity index is 2.97. The lowest BCUT2D eigenvalue weighted by atomic mass is 10.2. The third kappa shape index (κ3) is 4.71. The van der Waals surface area contributed by atoms with Gasteiger partial charge in [-0.25, -0.2) is 13.1 Å². The van der Waals surface area contributed by atoms with Crippen LogP contribution in [0.25, 0.3) is 0 Å². The third-order valence-corrected chi connectivity index (χ3v) is 3.68. The molecule has 0 saturated carbocycles. The Hall–Kier alpha value is -1.88. The van der Waals surface area contributed by atoms with Crippen molar-refractivity contribution in [1.29, 1.82) is 0 Å². The zero-order valence-electron chi connectivity index (χ0n) is 10.2. The molecule has 0 spiro atoms. The van der Waals surface area contributed by atoms with E-state index in [4.69, 9.17) is 11.5 Å². The molecule has 1 aromatic rings. The molecule has 0 unspecified atom stereocenters. The van der Waals surface area contributed by atoms with Gasteiger partial charge in [-0.3, -0.25) is 4.79 Å². The number of hydrogen-bond acceptors (Lipinski definition) is 4. The molecule has 0 fully saturated rings. The van der Waals surface area contributed by atoms with Gasteiger partial charge >= 0.3 is 0 Å². The lowest BCUT2D eigenvalue weighted by molar-refractivity contribution is -0.117. The van der Waals surface area contributed by atoms with Crippen molar-refractivity contribution in [2.45, 2.75) is 11.3 Å². The summed E-state index contributed by atoms with van der Waals surface area (Å²) in [7, 11) is -3.72. The quantitative estimate of drug-likeness (QED) is 0.610. The Morgan fingerprint density at radius 2 is 2.00 bits per heavy atom. The zero-order valence-corrected chi connectivity index (χ0v) is 11.0. The van der Waals surface area contributed by atoms with Gasteiger partial charge in [-0.2, -0.15) is 0 Å². The highest BCUT2D eigenvalue weighted by Gasteiger charge is 2.16. The largest absolute Gasteiger partial charge is 0.370 e. The van der Waals surface area contributed by atoms with E-state index >= 15 is 0 Å². The first-order valence-electron chi connectivity index (χ1n) is 5.53. The van der Waals surface area contributed by atoms with Crippen LogP contribution in [0.1, 0.15) is 12.0 Å². The molecule has 19 heavy (non-hydrogen) atoms. The highest BCUT2D eigenvalue weighted by molar-refractivity contribution is 7.89. The summed E-state index contributed by atoms with van der Waals surface area (Å²) in [5, 5.41) is 0. The molecule has 0 atom stereocenters. The van der Waals surface area contributed by atoms with Crippen LogP contribution in [0, 0.1) is 11.8 Å². The van der Waals surface area contributed by atoms with E-state index in [0.29, 0.717) is 5.56 Å². The van der Waals surface area contributed by atoms with Crippen LogP contribution < -0.4 is 16.2 Å². The number of hydrogen-bond donors (Lipinski definition) is 3. The van der Waals surface area contributed by atoms with Gasteiger partial charge < -0.3 is 11.5 Å². The number of carbonyl (C=O) groups is 1. The second kappa shape index (κ2) is 6.89. The Morgan fingerprint density at radius 1 is 1.32 bits per heavy atom. The summed E-state index contributed by atoms with van der Waals surface area (Å²) in [6.07, 6.45) is -0.0596. The molecular weight excluding hydrogens is 266 g/mol. The van der Waals surface area contributed by atoms with Crippen molar-refractivity contribution in [2.75, 3.05) is 13.1 Å². The van der Waals surface area contributed by atoms with Crippen molar-refractivity contribution >= 4 is 15.9 Å². The van der Waals surface area contributed by atoms with Crippen LogP contribution in [0.4, 0.5) is 0 Å². The van der Waals surface area contributed by atoms with Gasteiger partial charge in [0.25, 0.3) is 0 Å². The molecule has 0 aliphatic heterocycles. The van der Waals surface area contributed by atoms with Gasteiger partial charge in [-0.15, -0.1) is 0 Å².